The van der Waals surface area contributed by atoms with Gasteiger partial charge in [0, 0.05) is 12.4 Å². The van der Waals surface area contributed by atoms with E-state index in [1.165, 1.54) is 0 Å². The van der Waals surface area contributed by atoms with Crippen LogP contribution in [-0.2, 0) is 4.74 Å². The molecule has 0 aliphatic rings. The molecule has 1 aromatic rings. The molecule has 0 radical (unpaired) electrons. The molecule has 1 aromatic heterocycles. The van der Waals surface area contributed by atoms with Crippen LogP contribution in [0, 0.1) is 0 Å². The Hall–Kier alpha value is -1.72. The second-order valence-electron chi connectivity index (χ2n) is 2.45. The second-order valence-corrected chi connectivity index (χ2v) is 2.45. The molecule has 0 saturated carbocycles. The van der Waals surface area contributed by atoms with Gasteiger partial charge in [-0.3, -0.25) is 4.79 Å². The summed E-state index contributed by atoms with van der Waals surface area (Å²) in [6, 6.07) is 0. The van der Waals surface area contributed by atoms with Gasteiger partial charge in [-0.2, -0.15) is 0 Å². The number of nitrogens with one attached hydrogen (secondary N) is 1. The fourth-order valence-electron chi connectivity index (χ4n) is 0.925. The van der Waals surface area contributed by atoms with Crippen LogP contribution in [-0.4, -0.2) is 18.1 Å². The number of methoxy groups -OCH3 is 1. The van der Waals surface area contributed by atoms with Gasteiger partial charge >= 0.3 is 5.97 Å². The van der Waals surface area contributed by atoms with Crippen LogP contribution in [0.3, 0.4) is 0 Å². The normalized spacial score (nSPS) is 10.3. The number of esters is 1. The number of carbonyl (C=O) groups is 1. The lowest BCUT2D eigenvalue weighted by Gasteiger charge is -2.01. The van der Waals surface area contributed by atoms with Crippen LogP contribution < -0.4 is 5.43 Å². The Morgan fingerprint density at radius 3 is 2.64 bits per heavy atom. The number of aromatic amines is 1. The minimum atomic E-state index is -2.91. The largest absolute Gasteiger partial charge is 0.465 e. The first kappa shape index (κ1) is 10.4. The van der Waals surface area contributed by atoms with Crippen LogP contribution >= 0.6 is 0 Å². The number of hydrogen-bond acceptors (Lipinski definition) is 3. The molecule has 0 fully saturated rings. The molecule has 4 nitrogen and oxygen atoms in total. The zero-order valence-electron chi connectivity index (χ0n) is 7.21. The Labute approximate surface area is 77.5 Å². The monoisotopic (exact) mass is 203 g/mol. The fraction of sp³-hybridized carbons (Fsp3) is 0.250. The summed E-state index contributed by atoms with van der Waals surface area (Å²) in [4.78, 5) is 24.4. The smallest absolute Gasteiger partial charge is 0.343 e. The number of aromatic nitrogens is 1. The van der Waals surface area contributed by atoms with Crippen molar-refractivity contribution in [3.8, 4) is 0 Å². The van der Waals surface area contributed by atoms with Crippen LogP contribution in [0.1, 0.15) is 22.3 Å². The number of pyridine rings is 1. The molecule has 0 bridgehead atoms. The maximum atomic E-state index is 12.2. The molecular formula is C8H7F2NO3. The average molecular weight is 203 g/mol. The molecule has 0 amide bonds. The lowest BCUT2D eigenvalue weighted by atomic mass is 10.2. The highest BCUT2D eigenvalue weighted by Crippen LogP contribution is 2.13. The van der Waals surface area contributed by atoms with E-state index in [0.717, 1.165) is 19.5 Å². The molecule has 1 rings (SSSR count). The number of halogens is 2. The van der Waals surface area contributed by atoms with Crippen LogP contribution in [0.15, 0.2) is 17.2 Å². The maximum Gasteiger partial charge on any atom is 0.343 e. The quantitative estimate of drug-likeness (QED) is 0.732. The van der Waals surface area contributed by atoms with Gasteiger partial charge in [0.05, 0.1) is 12.7 Å². The Morgan fingerprint density at radius 2 is 2.14 bits per heavy atom. The molecule has 76 valence electrons. The molecule has 14 heavy (non-hydrogen) atoms. The summed E-state index contributed by atoms with van der Waals surface area (Å²) in [5.74, 6) is -0.936. The van der Waals surface area contributed by atoms with Gasteiger partial charge in [0.2, 0.25) is 5.43 Å². The van der Waals surface area contributed by atoms with Crippen molar-refractivity contribution in [3.63, 3.8) is 0 Å². The van der Waals surface area contributed by atoms with E-state index in [-0.39, 0.29) is 0 Å². The molecule has 1 N–H and O–H groups in total. The molecule has 0 unspecified atom stereocenters. The lowest BCUT2D eigenvalue weighted by molar-refractivity contribution is 0.0598. The van der Waals surface area contributed by atoms with Gasteiger partial charge in [0.25, 0.3) is 6.43 Å². The molecule has 6 heteroatoms. The summed E-state index contributed by atoms with van der Waals surface area (Å²) >= 11 is 0. The number of rotatable bonds is 2. The summed E-state index contributed by atoms with van der Waals surface area (Å²) in [6.07, 6.45) is -1.03. The zero-order valence-corrected chi connectivity index (χ0v) is 7.21. The number of hydrogen-bond donors (Lipinski definition) is 1. The Bertz CT molecular complexity index is 400. The molecule has 0 saturated heterocycles. The van der Waals surface area contributed by atoms with Crippen molar-refractivity contribution < 1.29 is 18.3 Å². The minimum Gasteiger partial charge on any atom is -0.465 e. The van der Waals surface area contributed by atoms with Gasteiger partial charge in [0.15, 0.2) is 0 Å². The maximum absolute atomic E-state index is 12.2. The van der Waals surface area contributed by atoms with E-state index < -0.39 is 29.0 Å². The van der Waals surface area contributed by atoms with Gasteiger partial charge < -0.3 is 9.72 Å². The van der Waals surface area contributed by atoms with Crippen LogP contribution in [0.4, 0.5) is 8.78 Å². The zero-order chi connectivity index (χ0) is 10.7. The standard InChI is InChI=1S/C8H7F2NO3/c1-14-8(13)5-3-11-2-4(6(5)12)7(9)10/h2-3,7H,1H3,(H,11,12). The Morgan fingerprint density at radius 1 is 1.50 bits per heavy atom. The average Bonchev–Trinajstić information content (AvgIpc) is 2.16. The van der Waals surface area contributed by atoms with Crippen LogP contribution in [0.2, 0.25) is 0 Å². The SMILES string of the molecule is COC(=O)c1c[nH]cc(C(F)F)c1=O. The number of alkyl halides is 2. The van der Waals surface area contributed by atoms with Gasteiger partial charge in [-0.25, -0.2) is 13.6 Å². The van der Waals surface area contributed by atoms with E-state index in [1.807, 2.05) is 0 Å². The predicted molar refractivity (Wildman–Crippen MR) is 43.4 cm³/mol. The molecule has 0 spiro atoms. The van der Waals surface area contributed by atoms with Gasteiger partial charge in [-0.15, -0.1) is 0 Å². The van der Waals surface area contributed by atoms with E-state index in [1.54, 1.807) is 0 Å². The third-order valence-electron chi connectivity index (χ3n) is 1.61. The summed E-state index contributed by atoms with van der Waals surface area (Å²) in [6.45, 7) is 0. The van der Waals surface area contributed by atoms with E-state index >= 15 is 0 Å². The molecule has 0 aromatic carbocycles. The van der Waals surface area contributed by atoms with Gasteiger partial charge in [-0.1, -0.05) is 0 Å². The third-order valence-corrected chi connectivity index (χ3v) is 1.61. The highest BCUT2D eigenvalue weighted by molar-refractivity contribution is 5.88. The van der Waals surface area contributed by atoms with E-state index in [2.05, 4.69) is 9.72 Å². The number of H-pyrrole nitrogens is 1. The van der Waals surface area contributed by atoms with Crippen molar-refractivity contribution in [3.05, 3.63) is 33.7 Å². The van der Waals surface area contributed by atoms with Gasteiger partial charge in [0.1, 0.15) is 5.56 Å². The summed E-state index contributed by atoms with van der Waals surface area (Å²) in [7, 11) is 1.07. The molecular weight excluding hydrogens is 196 g/mol. The van der Waals surface area contributed by atoms with Crippen LogP contribution in [0.25, 0.3) is 0 Å². The highest BCUT2D eigenvalue weighted by Gasteiger charge is 2.18. The van der Waals surface area contributed by atoms with Crippen molar-refractivity contribution in [1.82, 2.24) is 4.98 Å². The molecule has 0 atom stereocenters. The molecule has 1 heterocycles. The first-order valence-corrected chi connectivity index (χ1v) is 3.65. The summed E-state index contributed by atoms with van der Waals surface area (Å²) < 4.78 is 28.7. The first-order valence-electron chi connectivity index (χ1n) is 3.65. The summed E-state index contributed by atoms with van der Waals surface area (Å²) in [5, 5.41) is 0. The van der Waals surface area contributed by atoms with Crippen molar-refractivity contribution in [2.24, 2.45) is 0 Å². The van der Waals surface area contributed by atoms with E-state index in [0.29, 0.717) is 0 Å². The van der Waals surface area contributed by atoms with Crippen molar-refractivity contribution in [1.29, 1.82) is 0 Å². The number of carbonyl (C=O) groups excluding carboxylic acids is 1. The van der Waals surface area contributed by atoms with Crippen LogP contribution in [0.5, 0.6) is 0 Å². The lowest BCUT2D eigenvalue weighted by Crippen LogP contribution is -2.20. The Kier molecular flexibility index (Phi) is 2.95. The van der Waals surface area contributed by atoms with Gasteiger partial charge in [-0.05, 0) is 0 Å². The molecule has 0 aliphatic heterocycles. The highest BCUT2D eigenvalue weighted by atomic mass is 19.3. The topological polar surface area (TPSA) is 59.2 Å². The second kappa shape index (κ2) is 3.99. The van der Waals surface area contributed by atoms with Crippen molar-refractivity contribution >= 4 is 5.97 Å². The van der Waals surface area contributed by atoms with Crippen molar-refractivity contribution in [2.45, 2.75) is 6.43 Å². The first-order chi connectivity index (χ1) is 6.57. The fourth-order valence-corrected chi connectivity index (χ4v) is 0.925. The van der Waals surface area contributed by atoms with E-state index in [4.69, 9.17) is 0 Å². The predicted octanol–water partition coefficient (Wildman–Crippen LogP) is 1.10. The summed E-state index contributed by atoms with van der Waals surface area (Å²) in [5.41, 5.74) is -2.18. The number of ether oxygens (including phenoxy) is 1. The third kappa shape index (κ3) is 1.78. The van der Waals surface area contributed by atoms with Crippen molar-refractivity contribution in [2.75, 3.05) is 7.11 Å². The molecule has 0 aliphatic carbocycles. The van der Waals surface area contributed by atoms with E-state index in [9.17, 15) is 18.4 Å². The Balaban J connectivity index is 3.28. The minimum absolute atomic E-state index is 0.426.